The Morgan fingerprint density at radius 1 is 1.31 bits per heavy atom. The van der Waals surface area contributed by atoms with E-state index in [0.29, 0.717) is 12.3 Å². The molecule has 0 aliphatic rings. The summed E-state index contributed by atoms with van der Waals surface area (Å²) in [7, 11) is -0.779. The molecule has 0 radical (unpaired) electrons. The lowest BCUT2D eigenvalue weighted by Crippen LogP contribution is -2.11. The van der Waals surface area contributed by atoms with Gasteiger partial charge in [0.25, 0.3) is 0 Å². The standard InChI is InChI=1S/C11H13N3OS/c1-16(15)7-6-12-11-9-4-2-3-5-10(9)13-8-14-11/h2-5,8H,6-7H2,1H3,(H,12,13,14). The minimum atomic E-state index is -0.779. The van der Waals surface area contributed by atoms with Crippen molar-refractivity contribution < 1.29 is 4.21 Å². The fourth-order valence-electron chi connectivity index (χ4n) is 1.46. The SMILES string of the molecule is CS(=O)CCNc1ncnc2ccccc12. The predicted molar refractivity (Wildman–Crippen MR) is 67.0 cm³/mol. The Morgan fingerprint density at radius 2 is 2.12 bits per heavy atom. The van der Waals surface area contributed by atoms with Crippen molar-refractivity contribution in [1.29, 1.82) is 0 Å². The first kappa shape index (κ1) is 11.0. The summed E-state index contributed by atoms with van der Waals surface area (Å²) in [6.45, 7) is 0.657. The van der Waals surface area contributed by atoms with E-state index in [4.69, 9.17) is 0 Å². The summed E-state index contributed by atoms with van der Waals surface area (Å²) in [6, 6.07) is 7.82. The van der Waals surface area contributed by atoms with E-state index in [1.807, 2.05) is 24.3 Å². The summed E-state index contributed by atoms with van der Waals surface area (Å²) < 4.78 is 10.9. The zero-order chi connectivity index (χ0) is 11.4. The lowest BCUT2D eigenvalue weighted by Gasteiger charge is -2.06. The van der Waals surface area contributed by atoms with Crippen molar-refractivity contribution >= 4 is 27.5 Å². The van der Waals surface area contributed by atoms with Gasteiger partial charge in [0.2, 0.25) is 0 Å². The van der Waals surface area contributed by atoms with E-state index >= 15 is 0 Å². The zero-order valence-corrected chi connectivity index (χ0v) is 9.83. The summed E-state index contributed by atoms with van der Waals surface area (Å²) in [5, 5.41) is 4.17. The van der Waals surface area contributed by atoms with E-state index < -0.39 is 10.8 Å². The second kappa shape index (κ2) is 5.03. The van der Waals surface area contributed by atoms with Crippen LogP contribution in [-0.2, 0) is 10.8 Å². The Morgan fingerprint density at radius 3 is 2.94 bits per heavy atom. The number of hydrogen-bond donors (Lipinski definition) is 1. The van der Waals surface area contributed by atoms with Crippen molar-refractivity contribution in [3.63, 3.8) is 0 Å². The second-order valence-electron chi connectivity index (χ2n) is 3.44. The molecular formula is C11H13N3OS. The summed E-state index contributed by atoms with van der Waals surface area (Å²) in [5.74, 6) is 1.43. The highest BCUT2D eigenvalue weighted by atomic mass is 32.2. The number of benzene rings is 1. The maximum atomic E-state index is 10.9. The van der Waals surface area contributed by atoms with Gasteiger partial charge in [-0.3, -0.25) is 4.21 Å². The monoisotopic (exact) mass is 235 g/mol. The molecule has 1 aromatic carbocycles. The quantitative estimate of drug-likeness (QED) is 0.870. The normalized spacial score (nSPS) is 12.6. The molecule has 0 fully saturated rings. The minimum absolute atomic E-state index is 0.623. The molecule has 84 valence electrons. The molecule has 0 bridgehead atoms. The summed E-state index contributed by atoms with van der Waals surface area (Å²) in [5.41, 5.74) is 0.914. The first-order valence-corrected chi connectivity index (χ1v) is 6.74. The van der Waals surface area contributed by atoms with Crippen molar-refractivity contribution in [1.82, 2.24) is 9.97 Å². The topological polar surface area (TPSA) is 54.9 Å². The number of fused-ring (bicyclic) bond motifs is 1. The first-order chi connectivity index (χ1) is 7.77. The summed E-state index contributed by atoms with van der Waals surface area (Å²) in [4.78, 5) is 8.36. The van der Waals surface area contributed by atoms with E-state index in [0.717, 1.165) is 16.7 Å². The molecule has 0 saturated heterocycles. The summed E-state index contributed by atoms with van der Waals surface area (Å²) in [6.07, 6.45) is 3.23. The maximum Gasteiger partial charge on any atom is 0.137 e. The van der Waals surface area contributed by atoms with Crippen LogP contribution < -0.4 is 5.32 Å². The molecule has 2 aromatic rings. The van der Waals surface area contributed by atoms with E-state index in [2.05, 4.69) is 15.3 Å². The molecule has 1 N–H and O–H groups in total. The Labute approximate surface area is 96.6 Å². The van der Waals surface area contributed by atoms with Gasteiger partial charge in [0.05, 0.1) is 5.52 Å². The number of nitrogens with one attached hydrogen (secondary N) is 1. The highest BCUT2D eigenvalue weighted by molar-refractivity contribution is 7.84. The molecule has 0 amide bonds. The van der Waals surface area contributed by atoms with Gasteiger partial charge >= 0.3 is 0 Å². The van der Waals surface area contributed by atoms with Gasteiger partial charge in [0, 0.05) is 34.7 Å². The number of anilines is 1. The molecule has 0 spiro atoms. The lowest BCUT2D eigenvalue weighted by atomic mass is 10.2. The van der Waals surface area contributed by atoms with Gasteiger partial charge in [-0.15, -0.1) is 0 Å². The van der Waals surface area contributed by atoms with Crippen LogP contribution in [0.5, 0.6) is 0 Å². The van der Waals surface area contributed by atoms with Crippen LogP contribution in [0.4, 0.5) is 5.82 Å². The molecule has 1 aromatic heterocycles. The predicted octanol–water partition coefficient (Wildman–Crippen LogP) is 1.42. The second-order valence-corrected chi connectivity index (χ2v) is 5.00. The Hall–Kier alpha value is -1.49. The van der Waals surface area contributed by atoms with E-state index in [1.165, 1.54) is 6.33 Å². The molecule has 1 atom stereocenters. The highest BCUT2D eigenvalue weighted by Crippen LogP contribution is 2.17. The highest BCUT2D eigenvalue weighted by Gasteiger charge is 2.01. The lowest BCUT2D eigenvalue weighted by molar-refractivity contribution is 0.687. The largest absolute Gasteiger partial charge is 0.369 e. The smallest absolute Gasteiger partial charge is 0.137 e. The van der Waals surface area contributed by atoms with Crippen LogP contribution in [0.3, 0.4) is 0 Å². The average molecular weight is 235 g/mol. The molecule has 16 heavy (non-hydrogen) atoms. The molecular weight excluding hydrogens is 222 g/mol. The molecule has 1 unspecified atom stereocenters. The average Bonchev–Trinajstić information content (AvgIpc) is 2.29. The third kappa shape index (κ3) is 2.55. The van der Waals surface area contributed by atoms with Crippen LogP contribution in [0.25, 0.3) is 10.9 Å². The zero-order valence-electron chi connectivity index (χ0n) is 9.01. The van der Waals surface area contributed by atoms with Crippen LogP contribution >= 0.6 is 0 Å². The van der Waals surface area contributed by atoms with Crippen LogP contribution in [0.2, 0.25) is 0 Å². The molecule has 0 aliphatic heterocycles. The molecule has 4 nitrogen and oxygen atoms in total. The first-order valence-electron chi connectivity index (χ1n) is 5.01. The van der Waals surface area contributed by atoms with Gasteiger partial charge in [0.1, 0.15) is 12.1 Å². The van der Waals surface area contributed by atoms with Crippen molar-refractivity contribution in [3.8, 4) is 0 Å². The van der Waals surface area contributed by atoms with Gasteiger partial charge in [-0.2, -0.15) is 0 Å². The van der Waals surface area contributed by atoms with Gasteiger partial charge < -0.3 is 5.32 Å². The third-order valence-corrected chi connectivity index (χ3v) is 3.00. The number of rotatable bonds is 4. The fourth-order valence-corrected chi connectivity index (χ4v) is 1.85. The van der Waals surface area contributed by atoms with Crippen molar-refractivity contribution in [2.45, 2.75) is 0 Å². The van der Waals surface area contributed by atoms with Crippen molar-refractivity contribution in [2.75, 3.05) is 23.9 Å². The number of nitrogens with zero attached hydrogens (tertiary/aromatic N) is 2. The van der Waals surface area contributed by atoms with Gasteiger partial charge in [-0.1, -0.05) is 12.1 Å². The number of aromatic nitrogens is 2. The van der Waals surface area contributed by atoms with E-state index in [1.54, 1.807) is 6.26 Å². The summed E-state index contributed by atoms with van der Waals surface area (Å²) >= 11 is 0. The Kier molecular flexibility index (Phi) is 3.46. The molecule has 1 heterocycles. The van der Waals surface area contributed by atoms with E-state index in [9.17, 15) is 4.21 Å². The molecule has 5 heteroatoms. The molecule has 2 rings (SSSR count). The third-order valence-electron chi connectivity index (χ3n) is 2.22. The van der Waals surface area contributed by atoms with Gasteiger partial charge in [0.15, 0.2) is 0 Å². The van der Waals surface area contributed by atoms with Crippen LogP contribution in [0.15, 0.2) is 30.6 Å². The van der Waals surface area contributed by atoms with Crippen LogP contribution in [-0.4, -0.2) is 32.7 Å². The molecule has 0 aliphatic carbocycles. The van der Waals surface area contributed by atoms with Gasteiger partial charge in [-0.25, -0.2) is 9.97 Å². The minimum Gasteiger partial charge on any atom is -0.369 e. The Bertz CT molecular complexity index is 510. The van der Waals surface area contributed by atoms with Crippen molar-refractivity contribution in [3.05, 3.63) is 30.6 Å². The molecule has 0 saturated carbocycles. The number of hydrogen-bond acceptors (Lipinski definition) is 4. The Balaban J connectivity index is 2.20. The maximum absolute atomic E-state index is 10.9. The number of para-hydroxylation sites is 1. The fraction of sp³-hybridized carbons (Fsp3) is 0.273. The van der Waals surface area contributed by atoms with Crippen molar-refractivity contribution in [2.24, 2.45) is 0 Å². The van der Waals surface area contributed by atoms with Crippen LogP contribution in [0.1, 0.15) is 0 Å². The van der Waals surface area contributed by atoms with Gasteiger partial charge in [-0.05, 0) is 12.1 Å². The van der Waals surface area contributed by atoms with Crippen LogP contribution in [0, 0.1) is 0 Å². The van der Waals surface area contributed by atoms with E-state index in [-0.39, 0.29) is 0 Å².